The normalized spacial score (nSPS) is 30.6. The summed E-state index contributed by atoms with van der Waals surface area (Å²) in [5.41, 5.74) is 0.00843. The first-order valence-electron chi connectivity index (χ1n) is 8.63. The number of ether oxygens (including phenoxy) is 2. The highest BCUT2D eigenvalue weighted by molar-refractivity contribution is 5.95. The molecular weight excluding hydrogens is 294 g/mol. The number of hydrogen-bond donors (Lipinski definition) is 0. The van der Waals surface area contributed by atoms with Gasteiger partial charge in [-0.05, 0) is 45.6 Å². The van der Waals surface area contributed by atoms with Gasteiger partial charge in [0.1, 0.15) is 11.4 Å². The van der Waals surface area contributed by atoms with Crippen molar-refractivity contribution in [2.75, 3.05) is 26.3 Å². The van der Waals surface area contributed by atoms with Crippen LogP contribution in [-0.4, -0.2) is 48.3 Å². The highest BCUT2D eigenvalue weighted by Crippen LogP contribution is 2.43. The highest BCUT2D eigenvalue weighted by atomic mass is 16.6. The van der Waals surface area contributed by atoms with E-state index < -0.39 is 0 Å². The molecule has 1 aliphatic carbocycles. The molecule has 1 amide bonds. The SMILES string of the molecule is CC1(C)CN(C(=O)c2ccoc2C2CC2)CC2(CCCOC2)O1. The zero-order valence-corrected chi connectivity index (χ0v) is 14.0. The van der Waals surface area contributed by atoms with Gasteiger partial charge >= 0.3 is 0 Å². The summed E-state index contributed by atoms with van der Waals surface area (Å²) in [6, 6.07) is 1.82. The van der Waals surface area contributed by atoms with Gasteiger partial charge in [0, 0.05) is 19.1 Å². The topological polar surface area (TPSA) is 51.9 Å². The first kappa shape index (κ1) is 15.2. The van der Waals surface area contributed by atoms with Crippen LogP contribution < -0.4 is 0 Å². The summed E-state index contributed by atoms with van der Waals surface area (Å²) in [6.07, 6.45) is 5.82. The molecule has 4 rings (SSSR count). The number of furan rings is 1. The summed E-state index contributed by atoms with van der Waals surface area (Å²) >= 11 is 0. The van der Waals surface area contributed by atoms with Gasteiger partial charge in [0.05, 0.1) is 30.6 Å². The maximum atomic E-state index is 13.1. The van der Waals surface area contributed by atoms with Crippen LogP contribution in [0.4, 0.5) is 0 Å². The lowest BCUT2D eigenvalue weighted by molar-refractivity contribution is -0.225. The van der Waals surface area contributed by atoms with E-state index in [9.17, 15) is 4.79 Å². The molecule has 0 aromatic carbocycles. The van der Waals surface area contributed by atoms with Crippen LogP contribution >= 0.6 is 0 Å². The zero-order chi connectivity index (χ0) is 16.1. The second kappa shape index (κ2) is 5.35. The van der Waals surface area contributed by atoms with Crippen molar-refractivity contribution in [1.29, 1.82) is 0 Å². The van der Waals surface area contributed by atoms with Crippen molar-refractivity contribution in [2.24, 2.45) is 0 Å². The third-order valence-corrected chi connectivity index (χ3v) is 4.99. The molecule has 3 aliphatic rings. The minimum atomic E-state index is -0.363. The molecular formula is C18H25NO4. The fourth-order valence-corrected chi connectivity index (χ4v) is 4.02. The Kier molecular flexibility index (Phi) is 3.54. The standard InChI is InChI=1S/C18H25NO4/c1-17(2)10-19(11-18(23-17)7-3-8-21-12-18)16(20)14-6-9-22-15(14)13-4-5-13/h6,9,13H,3-5,7-8,10-12H2,1-2H3. The monoisotopic (exact) mass is 319 g/mol. The Balaban J connectivity index is 1.59. The molecule has 5 nitrogen and oxygen atoms in total. The fraction of sp³-hybridized carbons (Fsp3) is 0.722. The third-order valence-electron chi connectivity index (χ3n) is 4.99. The Morgan fingerprint density at radius 1 is 1.30 bits per heavy atom. The molecule has 3 heterocycles. The van der Waals surface area contributed by atoms with Gasteiger partial charge in [-0.3, -0.25) is 4.79 Å². The summed E-state index contributed by atoms with van der Waals surface area (Å²) in [6.45, 7) is 6.67. The summed E-state index contributed by atoms with van der Waals surface area (Å²) in [4.78, 5) is 15.0. The first-order valence-corrected chi connectivity index (χ1v) is 8.63. The van der Waals surface area contributed by atoms with Gasteiger partial charge in [-0.2, -0.15) is 0 Å². The number of morpholine rings is 1. The van der Waals surface area contributed by atoms with Gasteiger partial charge in [-0.25, -0.2) is 0 Å². The van der Waals surface area contributed by atoms with Crippen LogP contribution in [0.1, 0.15) is 61.6 Å². The molecule has 1 spiro atoms. The molecule has 0 radical (unpaired) electrons. The van der Waals surface area contributed by atoms with Crippen LogP contribution in [0.5, 0.6) is 0 Å². The fourth-order valence-electron chi connectivity index (χ4n) is 4.02. The van der Waals surface area contributed by atoms with Crippen molar-refractivity contribution in [3.8, 4) is 0 Å². The van der Waals surface area contributed by atoms with Crippen LogP contribution in [0.15, 0.2) is 16.7 Å². The quantitative estimate of drug-likeness (QED) is 0.841. The molecule has 0 N–H and O–H groups in total. The Bertz CT molecular complexity index is 596. The number of hydrogen-bond acceptors (Lipinski definition) is 4. The van der Waals surface area contributed by atoms with E-state index in [1.54, 1.807) is 6.26 Å². The molecule has 2 saturated heterocycles. The Hall–Kier alpha value is -1.33. The van der Waals surface area contributed by atoms with E-state index in [0.29, 0.717) is 25.6 Å². The Morgan fingerprint density at radius 2 is 2.13 bits per heavy atom. The molecule has 0 bridgehead atoms. The van der Waals surface area contributed by atoms with Crippen molar-refractivity contribution >= 4 is 5.91 Å². The largest absolute Gasteiger partial charge is 0.468 e. The highest BCUT2D eigenvalue weighted by Gasteiger charge is 2.47. The molecule has 23 heavy (non-hydrogen) atoms. The average Bonchev–Trinajstić information content (AvgIpc) is 3.22. The van der Waals surface area contributed by atoms with Gasteiger partial charge in [0.2, 0.25) is 0 Å². The van der Waals surface area contributed by atoms with Crippen LogP contribution in [0, 0.1) is 0 Å². The van der Waals surface area contributed by atoms with Crippen LogP contribution in [-0.2, 0) is 9.47 Å². The van der Waals surface area contributed by atoms with Gasteiger partial charge in [0.25, 0.3) is 5.91 Å². The van der Waals surface area contributed by atoms with E-state index in [1.165, 1.54) is 0 Å². The number of carbonyl (C=O) groups excluding carboxylic acids is 1. The van der Waals surface area contributed by atoms with Gasteiger partial charge in [-0.1, -0.05) is 0 Å². The smallest absolute Gasteiger partial charge is 0.257 e. The van der Waals surface area contributed by atoms with Gasteiger partial charge in [0.15, 0.2) is 0 Å². The minimum Gasteiger partial charge on any atom is -0.468 e. The van der Waals surface area contributed by atoms with E-state index in [2.05, 4.69) is 13.8 Å². The van der Waals surface area contributed by atoms with Crippen LogP contribution in [0.25, 0.3) is 0 Å². The maximum absolute atomic E-state index is 13.1. The molecule has 1 aromatic rings. The third kappa shape index (κ3) is 2.92. The van der Waals surface area contributed by atoms with Crippen molar-refractivity contribution < 1.29 is 18.7 Å². The van der Waals surface area contributed by atoms with E-state index in [1.807, 2.05) is 11.0 Å². The van der Waals surface area contributed by atoms with Gasteiger partial charge < -0.3 is 18.8 Å². The number of amides is 1. The molecule has 1 aromatic heterocycles. The molecule has 126 valence electrons. The van der Waals surface area contributed by atoms with Crippen molar-refractivity contribution in [3.63, 3.8) is 0 Å². The second-order valence-corrected chi connectivity index (χ2v) is 7.83. The lowest BCUT2D eigenvalue weighted by Crippen LogP contribution is -2.63. The molecule has 2 aliphatic heterocycles. The summed E-state index contributed by atoms with van der Waals surface area (Å²) in [5, 5.41) is 0. The molecule has 3 fully saturated rings. The predicted octanol–water partition coefficient (Wildman–Crippen LogP) is 2.96. The Morgan fingerprint density at radius 3 is 2.83 bits per heavy atom. The number of carbonyl (C=O) groups is 1. The molecule has 1 unspecified atom stereocenters. The van der Waals surface area contributed by atoms with Crippen LogP contribution in [0.2, 0.25) is 0 Å². The first-order chi connectivity index (χ1) is 11.0. The molecule has 1 saturated carbocycles. The van der Waals surface area contributed by atoms with E-state index >= 15 is 0 Å². The summed E-state index contributed by atoms with van der Waals surface area (Å²) < 4.78 is 17.6. The van der Waals surface area contributed by atoms with Crippen LogP contribution in [0.3, 0.4) is 0 Å². The van der Waals surface area contributed by atoms with E-state index in [4.69, 9.17) is 13.9 Å². The minimum absolute atomic E-state index is 0.0713. The second-order valence-electron chi connectivity index (χ2n) is 7.83. The van der Waals surface area contributed by atoms with Crippen molar-refractivity contribution in [3.05, 3.63) is 23.7 Å². The zero-order valence-electron chi connectivity index (χ0n) is 14.0. The van der Waals surface area contributed by atoms with E-state index in [-0.39, 0.29) is 17.1 Å². The molecule has 5 heteroatoms. The van der Waals surface area contributed by atoms with Gasteiger partial charge in [-0.15, -0.1) is 0 Å². The Labute approximate surface area is 136 Å². The maximum Gasteiger partial charge on any atom is 0.257 e. The number of rotatable bonds is 2. The summed E-state index contributed by atoms with van der Waals surface area (Å²) in [7, 11) is 0. The lowest BCUT2D eigenvalue weighted by atomic mass is 9.90. The average molecular weight is 319 g/mol. The van der Waals surface area contributed by atoms with Crippen molar-refractivity contribution in [1.82, 2.24) is 4.90 Å². The summed E-state index contributed by atoms with van der Waals surface area (Å²) in [5.74, 6) is 1.38. The number of nitrogens with zero attached hydrogens (tertiary/aromatic N) is 1. The van der Waals surface area contributed by atoms with E-state index in [0.717, 1.165) is 43.6 Å². The molecule has 1 atom stereocenters. The predicted molar refractivity (Wildman–Crippen MR) is 84.5 cm³/mol. The van der Waals surface area contributed by atoms with Crippen molar-refractivity contribution in [2.45, 2.75) is 56.7 Å². The lowest BCUT2D eigenvalue weighted by Gasteiger charge is -2.51.